The molecule has 2 aromatic rings. The second-order valence-electron chi connectivity index (χ2n) is 5.74. The summed E-state index contributed by atoms with van der Waals surface area (Å²) in [5.41, 5.74) is 0.624. The first-order valence-corrected chi connectivity index (χ1v) is 7.29. The molecule has 1 atom stereocenters. The van der Waals surface area contributed by atoms with Gasteiger partial charge in [-0.1, -0.05) is 0 Å². The number of halogens is 2. The van der Waals surface area contributed by atoms with Crippen LogP contribution in [0.5, 0.6) is 5.75 Å². The third-order valence-corrected chi connectivity index (χ3v) is 4.15. The van der Waals surface area contributed by atoms with Crippen LogP contribution in [0.3, 0.4) is 0 Å². The van der Waals surface area contributed by atoms with Crippen LogP contribution in [-0.2, 0) is 6.54 Å². The van der Waals surface area contributed by atoms with Gasteiger partial charge in [0.2, 0.25) is 5.92 Å². The predicted molar refractivity (Wildman–Crippen MR) is 78.9 cm³/mol. The van der Waals surface area contributed by atoms with Crippen molar-refractivity contribution in [3.63, 3.8) is 0 Å². The zero-order valence-electron chi connectivity index (χ0n) is 12.3. The Morgan fingerprint density at radius 2 is 2.00 bits per heavy atom. The average molecular weight is 308 g/mol. The lowest BCUT2D eigenvalue weighted by Crippen LogP contribution is -2.25. The van der Waals surface area contributed by atoms with Crippen LogP contribution in [0.4, 0.5) is 8.78 Å². The predicted octanol–water partition coefficient (Wildman–Crippen LogP) is 3.08. The Morgan fingerprint density at radius 3 is 2.59 bits per heavy atom. The fourth-order valence-electron chi connectivity index (χ4n) is 2.99. The number of hydrogen-bond donors (Lipinski definition) is 0. The molecule has 0 aliphatic heterocycles. The highest BCUT2D eigenvalue weighted by atomic mass is 19.3. The zero-order chi connectivity index (χ0) is 15.7. The van der Waals surface area contributed by atoms with E-state index in [-0.39, 0.29) is 24.3 Å². The molecule has 4 nitrogen and oxygen atoms in total. The average Bonchev–Trinajstić information content (AvgIpc) is 3.03. The first kappa shape index (κ1) is 14.8. The molecule has 1 heterocycles. The number of hydrogen-bond acceptors (Lipinski definition) is 2. The number of methoxy groups -OCH3 is 1. The highest BCUT2D eigenvalue weighted by molar-refractivity contribution is 5.36. The topological polar surface area (TPSA) is 36.2 Å². The maximum atomic E-state index is 13.3. The van der Waals surface area contributed by atoms with Gasteiger partial charge in [-0.15, -0.1) is 0 Å². The normalized spacial score (nSPS) is 20.2. The quantitative estimate of drug-likeness (QED) is 0.870. The molecule has 0 amide bonds. The van der Waals surface area contributed by atoms with E-state index >= 15 is 0 Å². The number of nitrogens with zero attached hydrogens (tertiary/aromatic N) is 2. The second kappa shape index (κ2) is 5.59. The van der Waals surface area contributed by atoms with Gasteiger partial charge >= 0.3 is 0 Å². The van der Waals surface area contributed by atoms with E-state index in [2.05, 4.69) is 0 Å². The minimum Gasteiger partial charge on any atom is -0.497 e. The Bertz CT molecular complexity index is 704. The van der Waals surface area contributed by atoms with E-state index in [9.17, 15) is 13.6 Å². The van der Waals surface area contributed by atoms with Crippen molar-refractivity contribution in [3.05, 3.63) is 46.9 Å². The van der Waals surface area contributed by atoms with E-state index in [0.717, 1.165) is 11.4 Å². The lowest BCUT2D eigenvalue weighted by Gasteiger charge is -2.16. The van der Waals surface area contributed by atoms with E-state index in [1.165, 1.54) is 10.7 Å². The molecule has 1 saturated carbocycles. The third kappa shape index (κ3) is 2.91. The molecule has 0 saturated heterocycles. The minimum atomic E-state index is -2.59. The van der Waals surface area contributed by atoms with Crippen LogP contribution in [0.1, 0.15) is 19.3 Å². The summed E-state index contributed by atoms with van der Waals surface area (Å²) in [4.78, 5) is 12.0. The number of rotatable bonds is 4. The van der Waals surface area contributed by atoms with Crippen LogP contribution in [0.25, 0.3) is 5.69 Å². The van der Waals surface area contributed by atoms with Crippen LogP contribution >= 0.6 is 0 Å². The van der Waals surface area contributed by atoms with Gasteiger partial charge in [0.05, 0.1) is 12.8 Å². The van der Waals surface area contributed by atoms with Crippen molar-refractivity contribution in [1.82, 2.24) is 9.36 Å². The van der Waals surface area contributed by atoms with Crippen LogP contribution in [0.2, 0.25) is 0 Å². The van der Waals surface area contributed by atoms with E-state index in [0.29, 0.717) is 13.0 Å². The molecule has 6 heteroatoms. The Balaban J connectivity index is 1.86. The fourth-order valence-corrected chi connectivity index (χ4v) is 2.99. The second-order valence-corrected chi connectivity index (χ2v) is 5.74. The third-order valence-electron chi connectivity index (χ3n) is 4.15. The summed E-state index contributed by atoms with van der Waals surface area (Å²) in [5.74, 6) is -2.04. The zero-order valence-corrected chi connectivity index (χ0v) is 12.3. The molecule has 0 radical (unpaired) electrons. The van der Waals surface area contributed by atoms with E-state index < -0.39 is 5.92 Å². The maximum Gasteiger partial charge on any atom is 0.266 e. The van der Waals surface area contributed by atoms with E-state index in [1.54, 1.807) is 30.1 Å². The molecular formula is C16H18F2N2O2. The summed E-state index contributed by atoms with van der Waals surface area (Å²) in [7, 11) is 1.58. The van der Waals surface area contributed by atoms with Crippen LogP contribution in [0, 0.1) is 5.92 Å². The summed E-state index contributed by atoms with van der Waals surface area (Å²) in [5, 5.41) is 0. The van der Waals surface area contributed by atoms with Crippen molar-refractivity contribution in [3.8, 4) is 11.4 Å². The van der Waals surface area contributed by atoms with Crippen LogP contribution in [-0.4, -0.2) is 22.4 Å². The van der Waals surface area contributed by atoms with Crippen molar-refractivity contribution < 1.29 is 13.5 Å². The smallest absolute Gasteiger partial charge is 0.266 e. The molecule has 1 aliphatic carbocycles. The van der Waals surface area contributed by atoms with Gasteiger partial charge in [-0.25, -0.2) is 13.5 Å². The monoisotopic (exact) mass is 308 g/mol. The Kier molecular flexibility index (Phi) is 3.76. The molecule has 22 heavy (non-hydrogen) atoms. The minimum absolute atomic E-state index is 0.0876. The van der Waals surface area contributed by atoms with Crippen molar-refractivity contribution in [2.24, 2.45) is 5.92 Å². The lowest BCUT2D eigenvalue weighted by atomic mass is 10.1. The summed E-state index contributed by atoms with van der Waals surface area (Å²) in [6.45, 7) is 0.313. The van der Waals surface area contributed by atoms with Gasteiger partial charge in [-0.05, 0) is 36.6 Å². The molecule has 1 unspecified atom stereocenters. The highest BCUT2D eigenvalue weighted by Gasteiger charge is 2.39. The van der Waals surface area contributed by atoms with Gasteiger partial charge in [0.15, 0.2) is 0 Å². The van der Waals surface area contributed by atoms with Gasteiger partial charge in [-0.2, -0.15) is 0 Å². The SMILES string of the molecule is COc1ccc(-n2ccc(=O)n2CC2CCC(F)(F)C2)cc1. The van der Waals surface area contributed by atoms with Gasteiger partial charge in [0.1, 0.15) is 5.75 Å². The largest absolute Gasteiger partial charge is 0.497 e. The molecule has 1 aliphatic rings. The van der Waals surface area contributed by atoms with Crippen LogP contribution < -0.4 is 10.3 Å². The molecule has 0 bridgehead atoms. The van der Waals surface area contributed by atoms with Crippen molar-refractivity contribution in [2.75, 3.05) is 7.11 Å². The number of aromatic nitrogens is 2. The summed E-state index contributed by atoms with van der Waals surface area (Å²) >= 11 is 0. The van der Waals surface area contributed by atoms with Gasteiger partial charge in [0.25, 0.3) is 5.56 Å². The van der Waals surface area contributed by atoms with Crippen molar-refractivity contribution in [2.45, 2.75) is 31.7 Å². The first-order valence-electron chi connectivity index (χ1n) is 7.29. The number of benzene rings is 1. The summed E-state index contributed by atoms with van der Waals surface area (Å²) in [6, 6.07) is 8.72. The molecule has 3 rings (SSSR count). The Labute approximate surface area is 126 Å². The lowest BCUT2D eigenvalue weighted by molar-refractivity contribution is 0.00410. The Morgan fingerprint density at radius 1 is 1.27 bits per heavy atom. The molecule has 1 aromatic heterocycles. The number of ether oxygens (including phenoxy) is 1. The molecule has 0 N–H and O–H groups in total. The summed E-state index contributed by atoms with van der Waals surface area (Å²) < 4.78 is 35.0. The number of alkyl halides is 2. The molecule has 1 fully saturated rings. The fraction of sp³-hybridized carbons (Fsp3) is 0.438. The van der Waals surface area contributed by atoms with Crippen molar-refractivity contribution >= 4 is 0 Å². The van der Waals surface area contributed by atoms with Gasteiger partial charge in [0, 0.05) is 31.6 Å². The molecular weight excluding hydrogens is 290 g/mol. The highest BCUT2D eigenvalue weighted by Crippen LogP contribution is 2.39. The Hall–Kier alpha value is -2.11. The molecule has 1 aromatic carbocycles. The van der Waals surface area contributed by atoms with Gasteiger partial charge < -0.3 is 4.74 Å². The molecule has 118 valence electrons. The summed E-state index contributed by atoms with van der Waals surface area (Å²) in [6.07, 6.45) is 1.88. The van der Waals surface area contributed by atoms with E-state index in [4.69, 9.17) is 4.74 Å². The van der Waals surface area contributed by atoms with E-state index in [1.807, 2.05) is 12.1 Å². The van der Waals surface area contributed by atoms with Crippen LogP contribution in [0.15, 0.2) is 41.3 Å². The maximum absolute atomic E-state index is 13.3. The standard InChI is InChI=1S/C16H18F2N2O2/c1-22-14-4-2-13(3-5-14)19-9-7-15(21)20(19)11-12-6-8-16(17,18)10-12/h2-5,7,9,12H,6,8,10-11H2,1H3. The first-order chi connectivity index (χ1) is 10.5. The van der Waals surface area contributed by atoms with Gasteiger partial charge in [-0.3, -0.25) is 9.48 Å². The molecule has 0 spiro atoms. The van der Waals surface area contributed by atoms with Crippen molar-refractivity contribution in [1.29, 1.82) is 0 Å².